The highest BCUT2D eigenvalue weighted by Crippen LogP contribution is 2.15. The van der Waals surface area contributed by atoms with E-state index in [0.717, 1.165) is 11.3 Å². The minimum atomic E-state index is 0.0186. The van der Waals surface area contributed by atoms with Gasteiger partial charge in [0.1, 0.15) is 5.75 Å². The van der Waals surface area contributed by atoms with Crippen LogP contribution >= 0.6 is 0 Å². The van der Waals surface area contributed by atoms with Crippen LogP contribution in [0.1, 0.15) is 18.5 Å². The van der Waals surface area contributed by atoms with Crippen molar-refractivity contribution in [2.45, 2.75) is 13.0 Å². The van der Waals surface area contributed by atoms with Crippen LogP contribution < -0.4 is 10.5 Å². The quantitative estimate of drug-likeness (QED) is 0.693. The molecule has 1 aromatic rings. The third kappa shape index (κ3) is 1.95. The Bertz CT molecular complexity index is 233. The molecule has 0 saturated heterocycles. The van der Waals surface area contributed by atoms with Gasteiger partial charge in [-0.25, -0.2) is 0 Å². The number of benzene rings is 1. The fraction of sp³-hybridized carbons (Fsp3) is 0.333. The summed E-state index contributed by atoms with van der Waals surface area (Å²) in [6.45, 7) is 1.92. The Morgan fingerprint density at radius 1 is 1.64 bits per heavy atom. The maximum Gasteiger partial charge on any atom is 0.119 e. The second-order valence-electron chi connectivity index (χ2n) is 2.47. The van der Waals surface area contributed by atoms with Crippen LogP contribution in [0, 0.1) is 6.07 Å². The summed E-state index contributed by atoms with van der Waals surface area (Å²) in [5, 5.41) is 0. The number of rotatable bonds is 2. The van der Waals surface area contributed by atoms with Gasteiger partial charge in [0.15, 0.2) is 0 Å². The van der Waals surface area contributed by atoms with Crippen LogP contribution in [-0.4, -0.2) is 7.11 Å². The lowest BCUT2D eigenvalue weighted by Gasteiger charge is -2.05. The Balaban J connectivity index is 2.91. The van der Waals surface area contributed by atoms with E-state index in [0.29, 0.717) is 0 Å². The molecular weight excluding hydrogens is 138 g/mol. The number of ether oxygens (including phenoxy) is 1. The molecule has 11 heavy (non-hydrogen) atoms. The number of methoxy groups -OCH3 is 1. The topological polar surface area (TPSA) is 35.2 Å². The van der Waals surface area contributed by atoms with Gasteiger partial charge in [-0.1, -0.05) is 6.07 Å². The first kappa shape index (κ1) is 8.08. The highest BCUT2D eigenvalue weighted by molar-refractivity contribution is 5.28. The second kappa shape index (κ2) is 3.39. The Morgan fingerprint density at radius 2 is 2.36 bits per heavy atom. The van der Waals surface area contributed by atoms with Crippen LogP contribution in [0.5, 0.6) is 5.75 Å². The first-order valence-electron chi connectivity index (χ1n) is 3.55. The standard InChI is InChI=1S/C9H12NO/c1-7(10)8-4-3-5-9(6-8)11-2/h3,5-7H,10H2,1-2H3. The third-order valence-electron chi connectivity index (χ3n) is 1.52. The molecule has 1 atom stereocenters. The molecule has 0 aliphatic rings. The van der Waals surface area contributed by atoms with Crippen LogP contribution in [0.25, 0.3) is 0 Å². The van der Waals surface area contributed by atoms with E-state index in [-0.39, 0.29) is 6.04 Å². The summed E-state index contributed by atoms with van der Waals surface area (Å²) in [4.78, 5) is 0. The van der Waals surface area contributed by atoms with Crippen molar-refractivity contribution in [3.8, 4) is 5.75 Å². The average molecular weight is 150 g/mol. The SMILES string of the molecule is COc1cc[c]c(C(C)N)c1. The lowest BCUT2D eigenvalue weighted by atomic mass is 10.1. The lowest BCUT2D eigenvalue weighted by molar-refractivity contribution is 0.414. The van der Waals surface area contributed by atoms with Gasteiger partial charge < -0.3 is 10.5 Å². The first-order valence-corrected chi connectivity index (χ1v) is 3.55. The zero-order valence-electron chi connectivity index (χ0n) is 6.79. The first-order chi connectivity index (χ1) is 5.24. The van der Waals surface area contributed by atoms with E-state index in [1.54, 1.807) is 7.11 Å². The lowest BCUT2D eigenvalue weighted by Crippen LogP contribution is -2.04. The Kier molecular flexibility index (Phi) is 2.49. The van der Waals surface area contributed by atoms with Gasteiger partial charge in [-0.15, -0.1) is 0 Å². The van der Waals surface area contributed by atoms with E-state index < -0.39 is 0 Å². The Morgan fingerprint density at radius 3 is 2.91 bits per heavy atom. The molecule has 0 fully saturated rings. The molecular formula is C9H12NO. The molecule has 0 aromatic heterocycles. The molecule has 1 radical (unpaired) electrons. The molecule has 0 saturated carbocycles. The van der Waals surface area contributed by atoms with Crippen LogP contribution in [0.3, 0.4) is 0 Å². The van der Waals surface area contributed by atoms with Crippen LogP contribution in [0.15, 0.2) is 18.2 Å². The Labute approximate surface area is 67.0 Å². The molecule has 2 nitrogen and oxygen atoms in total. The number of nitrogens with two attached hydrogens (primary N) is 1. The van der Waals surface area contributed by atoms with Crippen molar-refractivity contribution in [1.82, 2.24) is 0 Å². The van der Waals surface area contributed by atoms with Crippen LogP contribution in [-0.2, 0) is 0 Å². The van der Waals surface area contributed by atoms with Crippen molar-refractivity contribution in [2.24, 2.45) is 5.73 Å². The highest BCUT2D eigenvalue weighted by Gasteiger charge is 1.99. The van der Waals surface area contributed by atoms with Crippen molar-refractivity contribution < 1.29 is 4.74 Å². The molecule has 0 spiro atoms. The summed E-state index contributed by atoms with van der Waals surface area (Å²) in [5.41, 5.74) is 6.63. The molecule has 0 bridgehead atoms. The Hall–Kier alpha value is -1.02. The second-order valence-corrected chi connectivity index (χ2v) is 2.47. The molecule has 0 amide bonds. The van der Waals surface area contributed by atoms with Gasteiger partial charge in [0.2, 0.25) is 0 Å². The minimum absolute atomic E-state index is 0.0186. The molecule has 2 heteroatoms. The molecule has 1 rings (SSSR count). The summed E-state index contributed by atoms with van der Waals surface area (Å²) in [7, 11) is 1.64. The van der Waals surface area contributed by atoms with Gasteiger partial charge in [0.25, 0.3) is 0 Å². The largest absolute Gasteiger partial charge is 0.497 e. The predicted molar refractivity (Wildman–Crippen MR) is 44.4 cm³/mol. The van der Waals surface area contributed by atoms with Gasteiger partial charge in [0.05, 0.1) is 7.11 Å². The van der Waals surface area contributed by atoms with Crippen molar-refractivity contribution in [3.63, 3.8) is 0 Å². The summed E-state index contributed by atoms with van der Waals surface area (Å²) in [6, 6.07) is 8.62. The van der Waals surface area contributed by atoms with Crippen LogP contribution in [0.2, 0.25) is 0 Å². The van der Waals surface area contributed by atoms with Crippen molar-refractivity contribution >= 4 is 0 Å². The fourth-order valence-corrected chi connectivity index (χ4v) is 0.853. The maximum atomic E-state index is 5.65. The zero-order chi connectivity index (χ0) is 8.27. The normalized spacial score (nSPS) is 12.6. The molecule has 2 N–H and O–H groups in total. The van der Waals surface area contributed by atoms with Crippen molar-refractivity contribution in [1.29, 1.82) is 0 Å². The summed E-state index contributed by atoms with van der Waals surface area (Å²) < 4.78 is 5.03. The summed E-state index contributed by atoms with van der Waals surface area (Å²) >= 11 is 0. The third-order valence-corrected chi connectivity index (χ3v) is 1.52. The van der Waals surface area contributed by atoms with E-state index in [1.165, 1.54) is 0 Å². The maximum absolute atomic E-state index is 5.65. The van der Waals surface area contributed by atoms with Gasteiger partial charge in [-0.2, -0.15) is 0 Å². The minimum Gasteiger partial charge on any atom is -0.497 e. The smallest absolute Gasteiger partial charge is 0.119 e. The molecule has 59 valence electrons. The molecule has 0 heterocycles. The van der Waals surface area contributed by atoms with Gasteiger partial charge in [-0.3, -0.25) is 0 Å². The van der Waals surface area contributed by atoms with Crippen LogP contribution in [0.4, 0.5) is 0 Å². The van der Waals surface area contributed by atoms with Gasteiger partial charge in [0, 0.05) is 6.04 Å². The van der Waals surface area contributed by atoms with Gasteiger partial charge in [-0.05, 0) is 30.7 Å². The van der Waals surface area contributed by atoms with E-state index in [9.17, 15) is 0 Å². The monoisotopic (exact) mass is 150 g/mol. The van der Waals surface area contributed by atoms with Crippen molar-refractivity contribution in [3.05, 3.63) is 29.8 Å². The zero-order valence-corrected chi connectivity index (χ0v) is 6.79. The van der Waals surface area contributed by atoms with E-state index in [1.807, 2.05) is 25.1 Å². The fourth-order valence-electron chi connectivity index (χ4n) is 0.853. The molecule has 0 aliphatic heterocycles. The number of hydrogen-bond donors (Lipinski definition) is 1. The summed E-state index contributed by atoms with van der Waals surface area (Å²) in [6.07, 6.45) is 0. The van der Waals surface area contributed by atoms with E-state index in [2.05, 4.69) is 6.07 Å². The van der Waals surface area contributed by atoms with Crippen molar-refractivity contribution in [2.75, 3.05) is 7.11 Å². The molecule has 1 aromatic carbocycles. The number of hydrogen-bond acceptors (Lipinski definition) is 2. The van der Waals surface area contributed by atoms with E-state index in [4.69, 9.17) is 10.5 Å². The van der Waals surface area contributed by atoms with E-state index >= 15 is 0 Å². The molecule has 0 aliphatic carbocycles. The predicted octanol–water partition coefficient (Wildman–Crippen LogP) is 1.52. The average Bonchev–Trinajstić information content (AvgIpc) is 2.05. The summed E-state index contributed by atoms with van der Waals surface area (Å²) in [5.74, 6) is 0.830. The van der Waals surface area contributed by atoms with Gasteiger partial charge >= 0.3 is 0 Å². The molecule has 1 unspecified atom stereocenters. The highest BCUT2D eigenvalue weighted by atomic mass is 16.5.